The van der Waals surface area contributed by atoms with E-state index in [0.717, 1.165) is 12.8 Å². The van der Waals surface area contributed by atoms with E-state index in [4.69, 9.17) is 5.26 Å². The monoisotopic (exact) mass is 167 g/mol. The first-order valence-corrected chi connectivity index (χ1v) is 4.63. The second kappa shape index (κ2) is 3.06. The summed E-state index contributed by atoms with van der Waals surface area (Å²) in [6.45, 7) is 6.19. The third-order valence-corrected chi connectivity index (χ3v) is 3.13. The summed E-state index contributed by atoms with van der Waals surface area (Å²) in [5.41, 5.74) is -0.385. The molecule has 1 aliphatic carbocycles. The van der Waals surface area contributed by atoms with Gasteiger partial charge in [0, 0.05) is 0 Å². The fourth-order valence-electron chi connectivity index (χ4n) is 1.48. The lowest BCUT2D eigenvalue weighted by Crippen LogP contribution is -2.31. The average Bonchev–Trinajstić information content (AvgIpc) is 2.82. The van der Waals surface area contributed by atoms with Crippen LogP contribution < -0.4 is 0 Å². The minimum absolute atomic E-state index is 0.229. The van der Waals surface area contributed by atoms with Crippen LogP contribution in [-0.4, -0.2) is 11.2 Å². The number of nitrogens with zero attached hydrogens (tertiary/aromatic N) is 1. The van der Waals surface area contributed by atoms with Gasteiger partial charge in [-0.15, -0.1) is 0 Å². The molecule has 0 bridgehead atoms. The molecule has 1 saturated carbocycles. The van der Waals surface area contributed by atoms with Crippen LogP contribution in [0.5, 0.6) is 0 Å². The maximum atomic E-state index is 9.86. The largest absolute Gasteiger partial charge is 0.391 e. The first-order valence-electron chi connectivity index (χ1n) is 4.63. The summed E-state index contributed by atoms with van der Waals surface area (Å²) in [5.74, 6) is 0.679. The van der Waals surface area contributed by atoms with Crippen LogP contribution in [0.1, 0.15) is 33.6 Å². The lowest BCUT2D eigenvalue weighted by atomic mass is 9.83. The molecule has 0 aromatic rings. The second-order valence-corrected chi connectivity index (χ2v) is 4.32. The van der Waals surface area contributed by atoms with E-state index >= 15 is 0 Å². The number of hydrogen-bond donors (Lipinski definition) is 1. The van der Waals surface area contributed by atoms with Crippen LogP contribution in [0, 0.1) is 28.6 Å². The highest BCUT2D eigenvalue weighted by Crippen LogP contribution is 2.50. The van der Waals surface area contributed by atoms with Gasteiger partial charge in [0.15, 0.2) is 0 Å². The van der Waals surface area contributed by atoms with Crippen LogP contribution in [0.25, 0.3) is 0 Å². The predicted octanol–water partition coefficient (Wildman–Crippen LogP) is 1.94. The molecule has 0 heterocycles. The number of hydrogen-bond acceptors (Lipinski definition) is 2. The zero-order valence-electron chi connectivity index (χ0n) is 8.04. The first-order chi connectivity index (χ1) is 5.53. The molecule has 2 heteroatoms. The fraction of sp³-hybridized carbons (Fsp3) is 0.900. The van der Waals surface area contributed by atoms with Crippen molar-refractivity contribution in [3.63, 3.8) is 0 Å². The molecule has 0 aromatic carbocycles. The van der Waals surface area contributed by atoms with Crippen LogP contribution in [-0.2, 0) is 0 Å². The lowest BCUT2D eigenvalue weighted by molar-refractivity contribution is 0.0478. The van der Waals surface area contributed by atoms with Gasteiger partial charge in [-0.2, -0.15) is 5.26 Å². The molecule has 0 amide bonds. The Kier molecular flexibility index (Phi) is 2.44. The molecule has 68 valence electrons. The molecule has 1 N–H and O–H groups in total. The Morgan fingerprint density at radius 3 is 2.08 bits per heavy atom. The van der Waals surface area contributed by atoms with E-state index in [2.05, 4.69) is 19.9 Å². The minimum Gasteiger partial charge on any atom is -0.391 e. The van der Waals surface area contributed by atoms with E-state index < -0.39 is 6.10 Å². The van der Waals surface area contributed by atoms with E-state index in [9.17, 15) is 5.11 Å². The molecule has 1 fully saturated rings. The average molecular weight is 167 g/mol. The van der Waals surface area contributed by atoms with Crippen LogP contribution in [0.2, 0.25) is 0 Å². The molecule has 2 nitrogen and oxygen atoms in total. The van der Waals surface area contributed by atoms with E-state index in [1.165, 1.54) is 0 Å². The van der Waals surface area contributed by atoms with Gasteiger partial charge >= 0.3 is 0 Å². The normalized spacial score (nSPS) is 24.7. The van der Waals surface area contributed by atoms with Crippen molar-refractivity contribution in [3.8, 4) is 6.07 Å². The van der Waals surface area contributed by atoms with Crippen LogP contribution >= 0.6 is 0 Å². The van der Waals surface area contributed by atoms with Crippen LogP contribution in [0.3, 0.4) is 0 Å². The van der Waals surface area contributed by atoms with Crippen molar-refractivity contribution in [1.29, 1.82) is 5.26 Å². The quantitative estimate of drug-likeness (QED) is 0.698. The third kappa shape index (κ3) is 1.47. The van der Waals surface area contributed by atoms with Gasteiger partial charge in [-0.3, -0.25) is 0 Å². The molecule has 1 aliphatic rings. The van der Waals surface area contributed by atoms with E-state index in [1.807, 2.05) is 6.92 Å². The number of rotatable bonds is 3. The zero-order valence-corrected chi connectivity index (χ0v) is 8.04. The molecule has 2 atom stereocenters. The van der Waals surface area contributed by atoms with Crippen molar-refractivity contribution in [2.75, 3.05) is 0 Å². The van der Waals surface area contributed by atoms with Crippen molar-refractivity contribution in [2.24, 2.45) is 17.3 Å². The topological polar surface area (TPSA) is 44.0 Å². The van der Waals surface area contributed by atoms with Crippen LogP contribution in [0.4, 0.5) is 0 Å². The highest BCUT2D eigenvalue weighted by Gasteiger charge is 2.51. The Bertz CT molecular complexity index is 200. The van der Waals surface area contributed by atoms with Gasteiger partial charge in [0.05, 0.1) is 17.6 Å². The Hall–Kier alpha value is -0.550. The number of aliphatic hydroxyl groups is 1. The van der Waals surface area contributed by atoms with E-state index in [1.54, 1.807) is 0 Å². The maximum absolute atomic E-state index is 9.86. The fourth-order valence-corrected chi connectivity index (χ4v) is 1.48. The molecule has 0 radical (unpaired) electrons. The molecule has 0 spiro atoms. The molecule has 0 aliphatic heterocycles. The summed E-state index contributed by atoms with van der Waals surface area (Å²) >= 11 is 0. The van der Waals surface area contributed by atoms with Crippen molar-refractivity contribution >= 4 is 0 Å². The highest BCUT2D eigenvalue weighted by atomic mass is 16.3. The molecule has 0 saturated heterocycles. The standard InChI is InChI=1S/C10H17NO/c1-7(2)8(3)9(12)10(6-11)4-5-10/h7-9,12H,4-5H2,1-3H3. The summed E-state index contributed by atoms with van der Waals surface area (Å²) < 4.78 is 0. The van der Waals surface area contributed by atoms with Gasteiger partial charge < -0.3 is 5.11 Å². The van der Waals surface area contributed by atoms with Gasteiger partial charge in [0.25, 0.3) is 0 Å². The molecule has 12 heavy (non-hydrogen) atoms. The Morgan fingerprint density at radius 1 is 1.33 bits per heavy atom. The number of aliphatic hydroxyl groups excluding tert-OH is 1. The van der Waals surface area contributed by atoms with Gasteiger partial charge in [-0.1, -0.05) is 20.8 Å². The van der Waals surface area contributed by atoms with Gasteiger partial charge in [0.1, 0.15) is 0 Å². The van der Waals surface area contributed by atoms with Crippen molar-refractivity contribution in [1.82, 2.24) is 0 Å². The Labute approximate surface area is 74.2 Å². The smallest absolute Gasteiger partial charge is 0.0836 e. The highest BCUT2D eigenvalue weighted by molar-refractivity contribution is 5.14. The van der Waals surface area contributed by atoms with Crippen LogP contribution in [0.15, 0.2) is 0 Å². The van der Waals surface area contributed by atoms with Gasteiger partial charge in [-0.25, -0.2) is 0 Å². The maximum Gasteiger partial charge on any atom is 0.0836 e. The lowest BCUT2D eigenvalue weighted by Gasteiger charge is -2.25. The SMILES string of the molecule is CC(C)C(C)C(O)C1(C#N)CC1. The first kappa shape index (κ1) is 9.54. The summed E-state index contributed by atoms with van der Waals surface area (Å²) in [7, 11) is 0. The van der Waals surface area contributed by atoms with Crippen molar-refractivity contribution in [2.45, 2.75) is 39.7 Å². The summed E-state index contributed by atoms with van der Waals surface area (Å²) in [5, 5.41) is 18.7. The minimum atomic E-state index is -0.428. The molecule has 1 rings (SSSR count). The molecular formula is C10H17NO. The summed E-state index contributed by atoms with van der Waals surface area (Å²) in [4.78, 5) is 0. The van der Waals surface area contributed by atoms with Crippen molar-refractivity contribution in [3.05, 3.63) is 0 Å². The molecule has 2 unspecified atom stereocenters. The predicted molar refractivity (Wildman–Crippen MR) is 47.3 cm³/mol. The van der Waals surface area contributed by atoms with E-state index in [0.29, 0.717) is 5.92 Å². The number of nitriles is 1. The van der Waals surface area contributed by atoms with Crippen molar-refractivity contribution < 1.29 is 5.11 Å². The molecule has 0 aromatic heterocycles. The van der Waals surface area contributed by atoms with Gasteiger partial charge in [-0.05, 0) is 24.7 Å². The summed E-state index contributed by atoms with van der Waals surface area (Å²) in [6, 6.07) is 2.24. The van der Waals surface area contributed by atoms with Gasteiger partial charge in [0.2, 0.25) is 0 Å². The molecular weight excluding hydrogens is 150 g/mol. The Balaban J connectivity index is 2.59. The zero-order chi connectivity index (χ0) is 9.35. The Morgan fingerprint density at radius 2 is 1.83 bits per heavy atom. The summed E-state index contributed by atoms with van der Waals surface area (Å²) in [6.07, 6.45) is 1.33. The third-order valence-electron chi connectivity index (χ3n) is 3.13. The second-order valence-electron chi connectivity index (χ2n) is 4.32. The van der Waals surface area contributed by atoms with E-state index in [-0.39, 0.29) is 11.3 Å².